The molecular formula is C11H14FNO3. The lowest BCUT2D eigenvalue weighted by atomic mass is 10.2. The Bertz CT molecular complexity index is 348. The highest BCUT2D eigenvalue weighted by Crippen LogP contribution is 2.12. The Balaban J connectivity index is 2.52. The molecule has 0 unspecified atom stereocenters. The van der Waals surface area contributed by atoms with Gasteiger partial charge in [-0.3, -0.25) is 0 Å². The fourth-order valence-corrected chi connectivity index (χ4v) is 1.19. The summed E-state index contributed by atoms with van der Waals surface area (Å²) >= 11 is 0. The van der Waals surface area contributed by atoms with Gasteiger partial charge in [0.05, 0.1) is 12.2 Å². The monoisotopic (exact) mass is 227 g/mol. The summed E-state index contributed by atoms with van der Waals surface area (Å²) in [6.45, 7) is 0.264. The molecule has 0 heterocycles. The van der Waals surface area contributed by atoms with E-state index >= 15 is 0 Å². The third kappa shape index (κ3) is 3.86. The molecule has 1 aromatic rings. The van der Waals surface area contributed by atoms with Crippen LogP contribution >= 0.6 is 0 Å². The van der Waals surface area contributed by atoms with Crippen LogP contribution in [-0.4, -0.2) is 24.3 Å². The van der Waals surface area contributed by atoms with Gasteiger partial charge in [-0.1, -0.05) is 0 Å². The zero-order valence-electron chi connectivity index (χ0n) is 8.78. The molecule has 1 rings (SSSR count). The number of hydrogen-bond donors (Lipinski definition) is 2. The van der Waals surface area contributed by atoms with Gasteiger partial charge in [0.2, 0.25) is 0 Å². The van der Waals surface area contributed by atoms with Crippen LogP contribution in [0.1, 0.15) is 23.2 Å². The number of benzene rings is 1. The Labute approximate surface area is 92.8 Å². The molecule has 0 aliphatic heterocycles. The number of carbonyl (C=O) groups excluding carboxylic acids is 1. The SMILES string of the molecule is Nc1cc(F)cc(C(=O)OCCCCO)c1. The maximum atomic E-state index is 12.9. The summed E-state index contributed by atoms with van der Waals surface area (Å²) in [7, 11) is 0. The third-order valence-electron chi connectivity index (χ3n) is 1.94. The van der Waals surface area contributed by atoms with Gasteiger partial charge in [-0.2, -0.15) is 0 Å². The van der Waals surface area contributed by atoms with Crippen molar-refractivity contribution in [1.82, 2.24) is 0 Å². The average Bonchev–Trinajstić information content (AvgIpc) is 2.22. The van der Waals surface area contributed by atoms with Crippen LogP contribution in [0.15, 0.2) is 18.2 Å². The third-order valence-corrected chi connectivity index (χ3v) is 1.94. The second-order valence-electron chi connectivity index (χ2n) is 3.34. The van der Waals surface area contributed by atoms with Crippen LogP contribution in [0.3, 0.4) is 0 Å². The summed E-state index contributed by atoms with van der Waals surface area (Å²) in [4.78, 5) is 11.4. The van der Waals surface area contributed by atoms with Crippen molar-refractivity contribution in [1.29, 1.82) is 0 Å². The number of nitrogen functional groups attached to an aromatic ring is 1. The van der Waals surface area contributed by atoms with E-state index in [4.69, 9.17) is 15.6 Å². The van der Waals surface area contributed by atoms with Crippen LogP contribution in [-0.2, 0) is 4.74 Å². The number of ether oxygens (including phenoxy) is 1. The van der Waals surface area contributed by atoms with Gasteiger partial charge in [0, 0.05) is 12.3 Å². The van der Waals surface area contributed by atoms with E-state index in [0.29, 0.717) is 12.8 Å². The minimum absolute atomic E-state index is 0.0600. The maximum Gasteiger partial charge on any atom is 0.338 e. The number of halogens is 1. The molecule has 0 saturated carbocycles. The number of rotatable bonds is 5. The number of carbonyl (C=O) groups is 1. The van der Waals surface area contributed by atoms with Gasteiger partial charge >= 0.3 is 5.97 Å². The molecule has 0 aliphatic rings. The van der Waals surface area contributed by atoms with Crippen molar-refractivity contribution in [2.75, 3.05) is 18.9 Å². The molecule has 0 atom stereocenters. The van der Waals surface area contributed by atoms with Crippen molar-refractivity contribution in [3.8, 4) is 0 Å². The van der Waals surface area contributed by atoms with Crippen molar-refractivity contribution in [3.05, 3.63) is 29.6 Å². The molecule has 4 nitrogen and oxygen atoms in total. The second kappa shape index (κ2) is 6.07. The van der Waals surface area contributed by atoms with Crippen molar-refractivity contribution < 1.29 is 19.0 Å². The highest BCUT2D eigenvalue weighted by atomic mass is 19.1. The van der Waals surface area contributed by atoms with Crippen LogP contribution in [0.25, 0.3) is 0 Å². The van der Waals surface area contributed by atoms with Crippen LogP contribution in [0.5, 0.6) is 0 Å². The molecule has 0 spiro atoms. The first-order valence-corrected chi connectivity index (χ1v) is 4.97. The lowest BCUT2D eigenvalue weighted by Crippen LogP contribution is -2.08. The molecule has 3 N–H and O–H groups in total. The van der Waals surface area contributed by atoms with Gasteiger partial charge in [0.15, 0.2) is 0 Å². The number of anilines is 1. The molecule has 88 valence electrons. The predicted molar refractivity (Wildman–Crippen MR) is 57.4 cm³/mol. The average molecular weight is 227 g/mol. The van der Waals surface area contributed by atoms with E-state index < -0.39 is 11.8 Å². The van der Waals surface area contributed by atoms with Crippen molar-refractivity contribution in [3.63, 3.8) is 0 Å². The molecule has 0 amide bonds. The molecule has 0 saturated heterocycles. The predicted octanol–water partition coefficient (Wildman–Crippen LogP) is 1.34. The first-order chi connectivity index (χ1) is 7.63. The van der Waals surface area contributed by atoms with Gasteiger partial charge in [0.25, 0.3) is 0 Å². The van der Waals surface area contributed by atoms with Gasteiger partial charge in [0.1, 0.15) is 5.82 Å². The maximum absolute atomic E-state index is 12.9. The normalized spacial score (nSPS) is 10.1. The Kier molecular flexibility index (Phi) is 4.72. The van der Waals surface area contributed by atoms with Gasteiger partial charge < -0.3 is 15.6 Å². The van der Waals surface area contributed by atoms with Gasteiger partial charge in [-0.25, -0.2) is 9.18 Å². The quantitative estimate of drug-likeness (QED) is 0.452. The molecule has 1 aromatic carbocycles. The summed E-state index contributed by atoms with van der Waals surface area (Å²) in [6.07, 6.45) is 1.14. The van der Waals surface area contributed by atoms with Crippen molar-refractivity contribution in [2.45, 2.75) is 12.8 Å². The lowest BCUT2D eigenvalue weighted by Gasteiger charge is -2.05. The van der Waals surface area contributed by atoms with Crippen LogP contribution in [0, 0.1) is 5.82 Å². The fraction of sp³-hybridized carbons (Fsp3) is 0.364. The second-order valence-corrected chi connectivity index (χ2v) is 3.34. The zero-order valence-corrected chi connectivity index (χ0v) is 8.78. The standard InChI is InChI=1S/C11H14FNO3/c12-9-5-8(6-10(13)7-9)11(15)16-4-2-1-3-14/h5-7,14H,1-4,13H2. The number of unbranched alkanes of at least 4 members (excludes halogenated alkanes) is 1. The summed E-state index contributed by atoms with van der Waals surface area (Å²) in [6, 6.07) is 3.56. The molecule has 16 heavy (non-hydrogen) atoms. The van der Waals surface area contributed by atoms with Gasteiger partial charge in [-0.15, -0.1) is 0 Å². The van der Waals surface area contributed by atoms with E-state index in [-0.39, 0.29) is 24.5 Å². The van der Waals surface area contributed by atoms with E-state index in [1.807, 2.05) is 0 Å². The lowest BCUT2D eigenvalue weighted by molar-refractivity contribution is 0.0492. The highest BCUT2D eigenvalue weighted by Gasteiger charge is 2.09. The summed E-state index contributed by atoms with van der Waals surface area (Å²) in [5.74, 6) is -1.17. The Morgan fingerprint density at radius 2 is 2.12 bits per heavy atom. The van der Waals surface area contributed by atoms with Crippen molar-refractivity contribution in [2.24, 2.45) is 0 Å². The summed E-state index contributed by atoms with van der Waals surface area (Å²) in [5, 5.41) is 8.51. The molecule has 0 fully saturated rings. The van der Waals surface area contributed by atoms with E-state index in [2.05, 4.69) is 0 Å². The Morgan fingerprint density at radius 1 is 1.38 bits per heavy atom. The number of esters is 1. The molecule has 0 aliphatic carbocycles. The minimum atomic E-state index is -0.607. The van der Waals surface area contributed by atoms with Gasteiger partial charge in [-0.05, 0) is 31.0 Å². The highest BCUT2D eigenvalue weighted by molar-refractivity contribution is 5.90. The van der Waals surface area contributed by atoms with Crippen molar-refractivity contribution >= 4 is 11.7 Å². The first-order valence-electron chi connectivity index (χ1n) is 4.97. The Morgan fingerprint density at radius 3 is 2.75 bits per heavy atom. The number of nitrogens with two attached hydrogens (primary N) is 1. The molecular weight excluding hydrogens is 213 g/mol. The first kappa shape index (κ1) is 12.4. The van der Waals surface area contributed by atoms with Crippen LogP contribution < -0.4 is 5.73 Å². The smallest absolute Gasteiger partial charge is 0.338 e. The fourth-order valence-electron chi connectivity index (χ4n) is 1.19. The molecule has 0 radical (unpaired) electrons. The molecule has 5 heteroatoms. The van der Waals surface area contributed by atoms with Crippen LogP contribution in [0.4, 0.5) is 10.1 Å². The summed E-state index contributed by atoms with van der Waals surface area (Å²) < 4.78 is 17.8. The van der Waals surface area contributed by atoms with Crippen LogP contribution in [0.2, 0.25) is 0 Å². The summed E-state index contributed by atoms with van der Waals surface area (Å²) in [5.41, 5.74) is 5.67. The zero-order chi connectivity index (χ0) is 12.0. The molecule has 0 aromatic heterocycles. The number of aliphatic hydroxyl groups is 1. The largest absolute Gasteiger partial charge is 0.462 e. The Hall–Kier alpha value is -1.62. The van der Waals surface area contributed by atoms with E-state index in [1.54, 1.807) is 0 Å². The van der Waals surface area contributed by atoms with E-state index in [9.17, 15) is 9.18 Å². The van der Waals surface area contributed by atoms with E-state index in [1.165, 1.54) is 6.07 Å². The number of hydrogen-bond acceptors (Lipinski definition) is 4. The molecule has 0 bridgehead atoms. The minimum Gasteiger partial charge on any atom is -0.462 e. The number of aliphatic hydroxyl groups excluding tert-OH is 1. The topological polar surface area (TPSA) is 72.6 Å². The van der Waals surface area contributed by atoms with E-state index in [0.717, 1.165) is 12.1 Å².